The average Bonchev–Trinajstić information content (AvgIpc) is 3.36. The van der Waals surface area contributed by atoms with Crippen molar-refractivity contribution < 1.29 is 18.7 Å². The van der Waals surface area contributed by atoms with Crippen molar-refractivity contribution in [1.82, 2.24) is 4.98 Å². The fraction of sp³-hybridized carbons (Fsp3) is 0.138. The predicted octanol–water partition coefficient (Wildman–Crippen LogP) is 6.62. The number of hydrogen-bond acceptors (Lipinski definition) is 7. The summed E-state index contributed by atoms with van der Waals surface area (Å²) in [5.41, 5.74) is 3.57. The summed E-state index contributed by atoms with van der Waals surface area (Å²) in [7, 11) is 3.20. The van der Waals surface area contributed by atoms with Crippen LogP contribution in [0.25, 0.3) is 22.2 Å². The first kappa shape index (κ1) is 24.3. The number of amides is 1. The van der Waals surface area contributed by atoms with Gasteiger partial charge in [0.25, 0.3) is 5.91 Å². The Morgan fingerprint density at radius 2 is 1.70 bits per heavy atom. The van der Waals surface area contributed by atoms with E-state index >= 15 is 0 Å². The van der Waals surface area contributed by atoms with Crippen LogP contribution in [0.3, 0.4) is 0 Å². The van der Waals surface area contributed by atoms with E-state index in [1.165, 1.54) is 11.3 Å². The number of benzene rings is 3. The van der Waals surface area contributed by atoms with Gasteiger partial charge in [-0.3, -0.25) is 10.1 Å². The fourth-order valence-corrected chi connectivity index (χ4v) is 4.80. The Morgan fingerprint density at radius 1 is 0.973 bits per heavy atom. The molecule has 0 saturated carbocycles. The molecule has 3 aromatic carbocycles. The Bertz CT molecular complexity index is 1620. The lowest BCUT2D eigenvalue weighted by Crippen LogP contribution is -2.21. The van der Waals surface area contributed by atoms with Gasteiger partial charge < -0.3 is 13.9 Å². The van der Waals surface area contributed by atoms with Gasteiger partial charge in [0.1, 0.15) is 22.6 Å². The third kappa shape index (κ3) is 5.24. The molecule has 0 bridgehead atoms. The number of methoxy groups -OCH3 is 2. The van der Waals surface area contributed by atoms with E-state index in [2.05, 4.69) is 17.2 Å². The van der Waals surface area contributed by atoms with Gasteiger partial charge in [-0.2, -0.15) is 0 Å². The van der Waals surface area contributed by atoms with Crippen LogP contribution >= 0.6 is 11.3 Å². The van der Waals surface area contributed by atoms with Gasteiger partial charge in [-0.1, -0.05) is 37.3 Å². The highest BCUT2D eigenvalue weighted by atomic mass is 32.1. The van der Waals surface area contributed by atoms with Crippen LogP contribution in [-0.2, 0) is 6.42 Å². The van der Waals surface area contributed by atoms with Gasteiger partial charge >= 0.3 is 0 Å². The molecule has 8 heteroatoms. The number of ether oxygens (including phenoxy) is 2. The number of aryl methyl sites for hydroxylation is 1. The minimum Gasteiger partial charge on any atom is -0.497 e. The molecule has 2 aromatic heterocycles. The van der Waals surface area contributed by atoms with Crippen molar-refractivity contribution in [2.45, 2.75) is 13.3 Å². The first-order chi connectivity index (χ1) is 18.1. The van der Waals surface area contributed by atoms with Gasteiger partial charge in [-0.25, -0.2) is 9.98 Å². The molecule has 1 amide bonds. The molecule has 0 saturated heterocycles. The molecule has 0 aliphatic carbocycles. The first-order valence-corrected chi connectivity index (χ1v) is 12.6. The maximum atomic E-state index is 13.6. The molecule has 5 aromatic rings. The van der Waals surface area contributed by atoms with Crippen LogP contribution in [0.1, 0.15) is 22.2 Å². The highest BCUT2D eigenvalue weighted by Gasteiger charge is 2.18. The summed E-state index contributed by atoms with van der Waals surface area (Å²) in [5.74, 6) is 1.01. The van der Waals surface area contributed by atoms with Crippen molar-refractivity contribution in [1.29, 1.82) is 0 Å². The normalized spacial score (nSPS) is 11.5. The summed E-state index contributed by atoms with van der Waals surface area (Å²) in [4.78, 5) is 24.0. The van der Waals surface area contributed by atoms with Gasteiger partial charge in [-0.05, 0) is 55.0 Å². The van der Waals surface area contributed by atoms with Crippen molar-refractivity contribution in [3.05, 3.63) is 94.9 Å². The van der Waals surface area contributed by atoms with Gasteiger partial charge in [-0.15, -0.1) is 11.3 Å². The fourth-order valence-electron chi connectivity index (χ4n) is 3.89. The van der Waals surface area contributed by atoms with Crippen LogP contribution in [0.5, 0.6) is 11.5 Å². The quantitative estimate of drug-likeness (QED) is 0.265. The zero-order chi connectivity index (χ0) is 25.8. The number of carbonyl (C=O) groups excluding carboxylic acids is 1. The number of fused-ring (bicyclic) bond motifs is 1. The standard InChI is InChI=1S/C29H25N3O4S/c1-4-25-26(18-8-6-5-7-9-18)31-29(37-25)32-27(33)23-17-19-16-22(35-3)14-15-24(19)36-28(23)30-20-10-12-21(34-2)13-11-20/h5-17H,4H2,1-3H3,(H,31,32,33). The van der Waals surface area contributed by atoms with E-state index in [1.54, 1.807) is 56.7 Å². The van der Waals surface area contributed by atoms with Crippen LogP contribution in [0.2, 0.25) is 0 Å². The highest BCUT2D eigenvalue weighted by molar-refractivity contribution is 7.16. The Morgan fingerprint density at radius 3 is 2.41 bits per heavy atom. The second-order valence-electron chi connectivity index (χ2n) is 8.14. The van der Waals surface area contributed by atoms with Crippen molar-refractivity contribution in [2.75, 3.05) is 19.5 Å². The van der Waals surface area contributed by atoms with Gasteiger partial charge in [0.2, 0.25) is 5.55 Å². The lowest BCUT2D eigenvalue weighted by molar-refractivity contribution is 0.102. The summed E-state index contributed by atoms with van der Waals surface area (Å²) >= 11 is 1.46. The van der Waals surface area contributed by atoms with Crippen LogP contribution < -0.4 is 20.3 Å². The second-order valence-corrected chi connectivity index (χ2v) is 9.23. The van der Waals surface area contributed by atoms with Crippen LogP contribution in [0.15, 0.2) is 88.3 Å². The third-order valence-corrected chi connectivity index (χ3v) is 6.90. The van der Waals surface area contributed by atoms with Crippen LogP contribution in [0, 0.1) is 0 Å². The van der Waals surface area contributed by atoms with Crippen molar-refractivity contribution in [3.8, 4) is 22.8 Å². The lowest BCUT2D eigenvalue weighted by atomic mass is 10.1. The molecule has 1 N–H and O–H groups in total. The SMILES string of the molecule is CCc1sc(NC(=O)c2cc3cc(OC)ccc3oc2=Nc2ccc(OC)cc2)nc1-c1ccccc1. The van der Waals surface area contributed by atoms with Crippen molar-refractivity contribution in [2.24, 2.45) is 4.99 Å². The number of rotatable bonds is 7. The molecule has 0 fully saturated rings. The van der Waals surface area contributed by atoms with E-state index in [9.17, 15) is 4.79 Å². The molecular formula is C29H25N3O4S. The second kappa shape index (κ2) is 10.7. The number of thiazole rings is 1. The molecule has 0 spiro atoms. The number of nitrogens with one attached hydrogen (secondary N) is 1. The Kier molecular flexibility index (Phi) is 7.00. The summed E-state index contributed by atoms with van der Waals surface area (Å²) in [6.07, 6.45) is 0.806. The molecule has 186 valence electrons. The van der Waals surface area contributed by atoms with E-state index in [4.69, 9.17) is 18.9 Å². The van der Waals surface area contributed by atoms with Crippen molar-refractivity contribution >= 4 is 39.0 Å². The molecule has 0 atom stereocenters. The molecular weight excluding hydrogens is 486 g/mol. The molecule has 7 nitrogen and oxygen atoms in total. The zero-order valence-corrected chi connectivity index (χ0v) is 21.5. The number of aromatic nitrogens is 1. The Balaban J connectivity index is 1.57. The summed E-state index contributed by atoms with van der Waals surface area (Å²) in [5, 5.41) is 4.19. The molecule has 0 unspecified atom stereocenters. The number of hydrogen-bond donors (Lipinski definition) is 1. The highest BCUT2D eigenvalue weighted by Crippen LogP contribution is 2.32. The third-order valence-electron chi connectivity index (χ3n) is 5.79. The summed E-state index contributed by atoms with van der Waals surface area (Å²) in [6, 6.07) is 24.3. The van der Waals surface area contributed by atoms with Crippen LogP contribution in [-0.4, -0.2) is 25.1 Å². The average molecular weight is 512 g/mol. The molecule has 0 aliphatic rings. The zero-order valence-electron chi connectivity index (χ0n) is 20.6. The summed E-state index contributed by atoms with van der Waals surface area (Å²) in [6.45, 7) is 2.08. The van der Waals surface area contributed by atoms with E-state index in [-0.39, 0.29) is 17.0 Å². The van der Waals surface area contributed by atoms with Gasteiger partial charge in [0, 0.05) is 15.8 Å². The monoisotopic (exact) mass is 511 g/mol. The predicted molar refractivity (Wildman–Crippen MR) is 146 cm³/mol. The largest absolute Gasteiger partial charge is 0.497 e. The van der Waals surface area contributed by atoms with E-state index in [1.807, 2.05) is 36.4 Å². The first-order valence-electron chi connectivity index (χ1n) is 11.7. The topological polar surface area (TPSA) is 86.0 Å². The van der Waals surface area contributed by atoms with E-state index < -0.39 is 0 Å². The Hall–Kier alpha value is -4.43. The minimum absolute atomic E-state index is 0.191. The number of anilines is 1. The maximum absolute atomic E-state index is 13.6. The van der Waals surface area contributed by atoms with Gasteiger partial charge in [0.05, 0.1) is 25.6 Å². The van der Waals surface area contributed by atoms with E-state index in [0.29, 0.717) is 27.9 Å². The lowest BCUT2D eigenvalue weighted by Gasteiger charge is -2.07. The number of nitrogens with zero attached hydrogens (tertiary/aromatic N) is 2. The minimum atomic E-state index is -0.364. The summed E-state index contributed by atoms with van der Waals surface area (Å²) < 4.78 is 16.7. The molecule has 0 radical (unpaired) electrons. The van der Waals surface area contributed by atoms with Gasteiger partial charge in [0.15, 0.2) is 5.13 Å². The molecule has 37 heavy (non-hydrogen) atoms. The van der Waals surface area contributed by atoms with E-state index in [0.717, 1.165) is 27.9 Å². The maximum Gasteiger partial charge on any atom is 0.262 e. The van der Waals surface area contributed by atoms with Crippen molar-refractivity contribution in [3.63, 3.8) is 0 Å². The smallest absolute Gasteiger partial charge is 0.262 e. The molecule has 2 heterocycles. The molecule has 5 rings (SSSR count). The number of carbonyl (C=O) groups is 1. The van der Waals surface area contributed by atoms with Crippen LogP contribution in [0.4, 0.5) is 10.8 Å². The Labute approximate surface area is 218 Å². The molecule has 0 aliphatic heterocycles.